The molecule has 2 saturated carbocycles. The summed E-state index contributed by atoms with van der Waals surface area (Å²) in [6, 6.07) is -0.733. The van der Waals surface area contributed by atoms with E-state index in [1.165, 1.54) is 14.2 Å². The lowest BCUT2D eigenvalue weighted by Gasteiger charge is -2.22. The summed E-state index contributed by atoms with van der Waals surface area (Å²) in [6.07, 6.45) is -0.236. The molecule has 0 spiro atoms. The SMILES string of the molecule is COC(=O)[C@@H]1C[C@@H](N)[C@H](O)C1.COC(=O)[C@H]1C[C@@H](O)[C@H](NC(=O)OC(C)(C)C)C1. The molecule has 0 aromatic carbocycles. The van der Waals surface area contributed by atoms with Crippen LogP contribution < -0.4 is 11.1 Å². The van der Waals surface area contributed by atoms with Crippen LogP contribution in [0.25, 0.3) is 0 Å². The normalized spacial score (nSPS) is 31.3. The van der Waals surface area contributed by atoms with Crippen LogP contribution in [-0.4, -0.2) is 72.4 Å². The van der Waals surface area contributed by atoms with E-state index in [0.29, 0.717) is 25.7 Å². The molecular weight excluding hydrogens is 384 g/mol. The standard InChI is InChI=1S/C12H21NO5.C7H13NO3/c1-12(2,3)18-11(16)13-8-5-7(6-9(8)14)10(15)17-4;1-11-7(10)4-2-5(8)6(9)3-4/h7-9,14H,5-6H2,1-4H3,(H,13,16);4-6,9H,2-3,8H2,1H3/t7-,8-,9-;4-,5-,6-/m11/s1. The van der Waals surface area contributed by atoms with Gasteiger partial charge in [-0.05, 0) is 46.5 Å². The minimum Gasteiger partial charge on any atom is -0.469 e. The number of nitrogens with one attached hydrogen (secondary N) is 1. The van der Waals surface area contributed by atoms with Crippen LogP contribution in [0.5, 0.6) is 0 Å². The minimum absolute atomic E-state index is 0.204. The van der Waals surface area contributed by atoms with E-state index in [4.69, 9.17) is 10.5 Å². The third-order valence-electron chi connectivity index (χ3n) is 4.88. The number of rotatable bonds is 3. The number of amides is 1. The van der Waals surface area contributed by atoms with Crippen molar-refractivity contribution in [2.45, 2.75) is 76.3 Å². The zero-order chi connectivity index (χ0) is 22.4. The molecular formula is C19H34N2O8. The van der Waals surface area contributed by atoms with E-state index < -0.39 is 29.9 Å². The van der Waals surface area contributed by atoms with Crippen LogP contribution in [0.1, 0.15) is 46.5 Å². The Bertz CT molecular complexity index is 567. The molecule has 2 rings (SSSR count). The van der Waals surface area contributed by atoms with Crippen LogP contribution in [0.2, 0.25) is 0 Å². The second-order valence-corrected chi connectivity index (χ2v) is 8.43. The molecule has 0 radical (unpaired) electrons. The summed E-state index contributed by atoms with van der Waals surface area (Å²) in [5.41, 5.74) is 4.92. The molecule has 0 aliphatic heterocycles. The molecule has 2 aliphatic carbocycles. The van der Waals surface area contributed by atoms with Gasteiger partial charge in [0.05, 0.1) is 44.3 Å². The molecule has 1 amide bonds. The van der Waals surface area contributed by atoms with Gasteiger partial charge in [0.15, 0.2) is 0 Å². The Morgan fingerprint density at radius 3 is 1.79 bits per heavy atom. The fourth-order valence-corrected chi connectivity index (χ4v) is 3.40. The van der Waals surface area contributed by atoms with Crippen molar-refractivity contribution in [3.63, 3.8) is 0 Å². The van der Waals surface area contributed by atoms with Crippen molar-refractivity contribution in [2.75, 3.05) is 14.2 Å². The first-order valence-electron chi connectivity index (χ1n) is 9.64. The highest BCUT2D eigenvalue weighted by Gasteiger charge is 2.39. The lowest BCUT2D eigenvalue weighted by atomic mass is 10.1. The summed E-state index contributed by atoms with van der Waals surface area (Å²) >= 11 is 0. The first kappa shape index (κ1) is 25.1. The Morgan fingerprint density at radius 1 is 0.897 bits per heavy atom. The predicted octanol–water partition coefficient (Wildman–Crippen LogP) is 0.0812. The third-order valence-corrected chi connectivity index (χ3v) is 4.88. The van der Waals surface area contributed by atoms with Crippen LogP contribution in [-0.2, 0) is 23.8 Å². The molecule has 0 aromatic rings. The molecule has 0 bridgehead atoms. The van der Waals surface area contributed by atoms with Gasteiger partial charge in [-0.3, -0.25) is 9.59 Å². The molecule has 0 saturated heterocycles. The number of aliphatic hydroxyl groups excluding tert-OH is 2. The first-order chi connectivity index (χ1) is 13.4. The quantitative estimate of drug-likeness (QED) is 0.368. The zero-order valence-electron chi connectivity index (χ0n) is 17.7. The predicted molar refractivity (Wildman–Crippen MR) is 103 cm³/mol. The Kier molecular flexibility index (Phi) is 9.31. The number of methoxy groups -OCH3 is 2. The largest absolute Gasteiger partial charge is 0.469 e. The van der Waals surface area contributed by atoms with Gasteiger partial charge in [0.25, 0.3) is 0 Å². The van der Waals surface area contributed by atoms with Gasteiger partial charge in [-0.25, -0.2) is 4.79 Å². The van der Waals surface area contributed by atoms with Crippen LogP contribution >= 0.6 is 0 Å². The number of hydrogen-bond donors (Lipinski definition) is 4. The fourth-order valence-electron chi connectivity index (χ4n) is 3.40. The van der Waals surface area contributed by atoms with Crippen molar-refractivity contribution < 1.29 is 38.8 Å². The molecule has 6 atom stereocenters. The van der Waals surface area contributed by atoms with Crippen LogP contribution in [0, 0.1) is 11.8 Å². The highest BCUT2D eigenvalue weighted by atomic mass is 16.6. The van der Waals surface area contributed by atoms with Crippen LogP contribution in [0.3, 0.4) is 0 Å². The van der Waals surface area contributed by atoms with E-state index in [2.05, 4.69) is 14.8 Å². The van der Waals surface area contributed by atoms with Crippen molar-refractivity contribution in [1.82, 2.24) is 5.32 Å². The average Bonchev–Trinajstić information content (AvgIpc) is 3.15. The average molecular weight is 418 g/mol. The Morgan fingerprint density at radius 2 is 1.38 bits per heavy atom. The summed E-state index contributed by atoms with van der Waals surface area (Å²) in [5.74, 6) is -1.20. The number of ether oxygens (including phenoxy) is 3. The maximum atomic E-state index is 11.5. The molecule has 10 nitrogen and oxygen atoms in total. The first-order valence-corrected chi connectivity index (χ1v) is 9.64. The molecule has 2 aliphatic rings. The summed E-state index contributed by atoms with van der Waals surface area (Å²) in [6.45, 7) is 5.28. The zero-order valence-corrected chi connectivity index (χ0v) is 17.7. The van der Waals surface area contributed by atoms with E-state index in [1.54, 1.807) is 20.8 Å². The highest BCUT2D eigenvalue weighted by Crippen LogP contribution is 2.27. The molecule has 0 unspecified atom stereocenters. The lowest BCUT2D eigenvalue weighted by molar-refractivity contribution is -0.146. The Balaban J connectivity index is 0.000000326. The second-order valence-electron chi connectivity index (χ2n) is 8.43. The summed E-state index contributed by atoms with van der Waals surface area (Å²) < 4.78 is 14.2. The highest BCUT2D eigenvalue weighted by molar-refractivity contribution is 5.74. The minimum atomic E-state index is -0.749. The van der Waals surface area contributed by atoms with Crippen molar-refractivity contribution in [3.05, 3.63) is 0 Å². The lowest BCUT2D eigenvalue weighted by Crippen LogP contribution is -2.42. The van der Waals surface area contributed by atoms with Crippen molar-refractivity contribution in [3.8, 4) is 0 Å². The molecule has 168 valence electrons. The monoisotopic (exact) mass is 418 g/mol. The molecule has 5 N–H and O–H groups in total. The van der Waals surface area contributed by atoms with Gasteiger partial charge in [0.1, 0.15) is 5.60 Å². The van der Waals surface area contributed by atoms with E-state index in [9.17, 15) is 24.6 Å². The summed E-state index contributed by atoms with van der Waals surface area (Å²) in [7, 11) is 2.65. The van der Waals surface area contributed by atoms with Gasteiger partial charge in [-0.2, -0.15) is 0 Å². The van der Waals surface area contributed by atoms with Crippen molar-refractivity contribution >= 4 is 18.0 Å². The maximum Gasteiger partial charge on any atom is 0.407 e. The van der Waals surface area contributed by atoms with Crippen molar-refractivity contribution in [2.24, 2.45) is 17.6 Å². The van der Waals surface area contributed by atoms with Crippen LogP contribution in [0.15, 0.2) is 0 Å². The molecule has 0 heterocycles. The van der Waals surface area contributed by atoms with Gasteiger partial charge in [-0.15, -0.1) is 0 Å². The van der Waals surface area contributed by atoms with Gasteiger partial charge >= 0.3 is 18.0 Å². The summed E-state index contributed by atoms with van der Waals surface area (Å²) in [4.78, 5) is 33.8. The number of hydrogen-bond acceptors (Lipinski definition) is 9. The third kappa shape index (κ3) is 8.15. The van der Waals surface area contributed by atoms with E-state index >= 15 is 0 Å². The fraction of sp³-hybridized carbons (Fsp3) is 0.842. The van der Waals surface area contributed by atoms with Crippen molar-refractivity contribution in [1.29, 1.82) is 0 Å². The maximum absolute atomic E-state index is 11.5. The second kappa shape index (κ2) is 10.7. The summed E-state index contributed by atoms with van der Waals surface area (Å²) in [5, 5.41) is 21.5. The Labute approximate surface area is 171 Å². The van der Waals surface area contributed by atoms with Gasteiger partial charge in [0, 0.05) is 6.04 Å². The molecule has 29 heavy (non-hydrogen) atoms. The number of esters is 2. The van der Waals surface area contributed by atoms with Gasteiger partial charge < -0.3 is 35.5 Å². The smallest absolute Gasteiger partial charge is 0.407 e. The number of carbonyl (C=O) groups excluding carboxylic acids is 3. The number of alkyl carbamates (subject to hydrolysis) is 1. The topological polar surface area (TPSA) is 157 Å². The Hall–Kier alpha value is -1.91. The van der Waals surface area contributed by atoms with Gasteiger partial charge in [0.2, 0.25) is 0 Å². The van der Waals surface area contributed by atoms with E-state index in [0.717, 1.165) is 0 Å². The number of carbonyl (C=O) groups is 3. The number of aliphatic hydroxyl groups is 2. The van der Waals surface area contributed by atoms with E-state index in [1.807, 2.05) is 0 Å². The number of nitrogens with two attached hydrogens (primary N) is 1. The van der Waals surface area contributed by atoms with Gasteiger partial charge in [-0.1, -0.05) is 0 Å². The molecule has 2 fully saturated rings. The van der Waals surface area contributed by atoms with Crippen LogP contribution in [0.4, 0.5) is 4.79 Å². The van der Waals surface area contributed by atoms with E-state index in [-0.39, 0.29) is 29.8 Å². The molecule has 10 heteroatoms. The molecule has 0 aromatic heterocycles.